The van der Waals surface area contributed by atoms with Crippen molar-refractivity contribution < 1.29 is 9.59 Å². The first kappa shape index (κ1) is 21.1. The first-order valence-corrected chi connectivity index (χ1v) is 10.9. The molecule has 3 aromatic rings. The topological polar surface area (TPSA) is 40.6 Å². The van der Waals surface area contributed by atoms with Crippen molar-refractivity contribution in [2.75, 3.05) is 16.3 Å². The number of aryl methyl sites for hydroxylation is 1. The van der Waals surface area contributed by atoms with E-state index in [0.29, 0.717) is 5.69 Å². The second-order valence-corrected chi connectivity index (χ2v) is 8.57. The van der Waals surface area contributed by atoms with Gasteiger partial charge in [-0.25, -0.2) is 0 Å². The van der Waals surface area contributed by atoms with E-state index in [1.165, 1.54) is 0 Å². The van der Waals surface area contributed by atoms with Crippen molar-refractivity contribution in [2.45, 2.75) is 19.9 Å². The van der Waals surface area contributed by atoms with E-state index >= 15 is 0 Å². The number of rotatable bonds is 4. The molecule has 4 nitrogen and oxygen atoms in total. The lowest BCUT2D eigenvalue weighted by Crippen LogP contribution is -2.61. The summed E-state index contributed by atoms with van der Waals surface area (Å²) in [5.41, 5.74) is 4.24. The third kappa shape index (κ3) is 4.32. The van der Waals surface area contributed by atoms with E-state index in [4.69, 9.17) is 0 Å². The van der Waals surface area contributed by atoms with E-state index in [0.717, 1.165) is 26.9 Å². The van der Waals surface area contributed by atoms with Gasteiger partial charge in [0, 0.05) is 15.8 Å². The zero-order valence-electron chi connectivity index (χ0n) is 17.5. The van der Waals surface area contributed by atoms with Gasteiger partial charge >= 0.3 is 0 Å². The van der Waals surface area contributed by atoms with Crippen LogP contribution in [-0.2, 0) is 9.59 Å². The van der Waals surface area contributed by atoms with Gasteiger partial charge in [-0.1, -0.05) is 70.5 Å². The van der Waals surface area contributed by atoms with Crippen molar-refractivity contribution in [3.63, 3.8) is 0 Å². The van der Waals surface area contributed by atoms with E-state index < -0.39 is 6.04 Å². The van der Waals surface area contributed by atoms with E-state index in [1.54, 1.807) is 9.80 Å². The Balaban J connectivity index is 1.81. The largest absolute Gasteiger partial charge is 0.301 e. The summed E-state index contributed by atoms with van der Waals surface area (Å²) in [6, 6.07) is 24.3. The number of nitrogens with zero attached hydrogens (tertiary/aromatic N) is 2. The van der Waals surface area contributed by atoms with Crippen LogP contribution in [0.25, 0.3) is 6.08 Å². The maximum atomic E-state index is 13.8. The maximum Gasteiger partial charge on any atom is 0.254 e. The highest BCUT2D eigenvalue weighted by Crippen LogP contribution is 2.31. The fraction of sp³-hybridized carbons (Fsp3) is 0.154. The quantitative estimate of drug-likeness (QED) is 0.492. The number of carbonyl (C=O) groups excluding carboxylic acids is 2. The molecule has 156 valence electrons. The van der Waals surface area contributed by atoms with Crippen molar-refractivity contribution in [1.82, 2.24) is 0 Å². The Hall–Kier alpha value is -3.18. The highest BCUT2D eigenvalue weighted by molar-refractivity contribution is 9.10. The SMILES string of the molecule is CC(=Cc1ccccc1)C1C(=O)N(c2ccccc2C)CC(=O)N1c1ccc(Br)cc1. The number of anilines is 2. The molecule has 0 radical (unpaired) electrons. The number of piperazine rings is 1. The Labute approximate surface area is 190 Å². The molecule has 2 amide bonds. The predicted octanol–water partition coefficient (Wildman–Crippen LogP) is 5.61. The summed E-state index contributed by atoms with van der Waals surface area (Å²) in [4.78, 5) is 30.4. The molecule has 1 heterocycles. The van der Waals surface area contributed by atoms with Gasteiger partial charge in [-0.3, -0.25) is 14.5 Å². The molecule has 0 spiro atoms. The molecule has 1 saturated heterocycles. The van der Waals surface area contributed by atoms with Crippen LogP contribution in [0.5, 0.6) is 0 Å². The third-order valence-electron chi connectivity index (χ3n) is 5.46. The lowest BCUT2D eigenvalue weighted by molar-refractivity contribution is -0.127. The second-order valence-electron chi connectivity index (χ2n) is 7.65. The van der Waals surface area contributed by atoms with Gasteiger partial charge in [0.25, 0.3) is 5.91 Å². The van der Waals surface area contributed by atoms with Gasteiger partial charge in [0.1, 0.15) is 12.6 Å². The monoisotopic (exact) mass is 474 g/mol. The van der Waals surface area contributed by atoms with Crippen molar-refractivity contribution in [1.29, 1.82) is 0 Å². The van der Waals surface area contributed by atoms with E-state index in [2.05, 4.69) is 15.9 Å². The molecule has 0 N–H and O–H groups in total. The zero-order chi connectivity index (χ0) is 22.0. The molecule has 0 aromatic heterocycles. The van der Waals surface area contributed by atoms with E-state index in [-0.39, 0.29) is 18.4 Å². The molecular formula is C26H23BrN2O2. The molecule has 0 saturated carbocycles. The van der Waals surface area contributed by atoms with E-state index in [9.17, 15) is 9.59 Å². The minimum absolute atomic E-state index is 0.00880. The fourth-order valence-electron chi connectivity index (χ4n) is 3.95. The molecule has 1 atom stereocenters. The number of hydrogen-bond donors (Lipinski definition) is 0. The molecule has 31 heavy (non-hydrogen) atoms. The average Bonchev–Trinajstić information content (AvgIpc) is 2.77. The summed E-state index contributed by atoms with van der Waals surface area (Å²) in [7, 11) is 0. The summed E-state index contributed by atoms with van der Waals surface area (Å²) in [6.45, 7) is 3.88. The van der Waals surface area contributed by atoms with Crippen LogP contribution in [0.3, 0.4) is 0 Å². The minimum atomic E-state index is -0.720. The fourth-order valence-corrected chi connectivity index (χ4v) is 4.21. The van der Waals surface area contributed by atoms with Crippen molar-refractivity contribution in [3.8, 4) is 0 Å². The molecule has 1 fully saturated rings. The first-order valence-electron chi connectivity index (χ1n) is 10.1. The van der Waals surface area contributed by atoms with Gasteiger partial charge in [-0.2, -0.15) is 0 Å². The number of para-hydroxylation sites is 1. The summed E-state index contributed by atoms with van der Waals surface area (Å²) in [5, 5.41) is 0. The lowest BCUT2D eigenvalue weighted by atomic mass is 9.98. The van der Waals surface area contributed by atoms with Gasteiger partial charge in [0.05, 0.1) is 0 Å². The summed E-state index contributed by atoms with van der Waals surface area (Å²) < 4.78 is 0.918. The van der Waals surface area contributed by atoms with Crippen molar-refractivity contribution in [2.24, 2.45) is 0 Å². The van der Waals surface area contributed by atoms with Crippen LogP contribution >= 0.6 is 15.9 Å². The maximum absolute atomic E-state index is 13.8. The Morgan fingerprint density at radius 1 is 0.935 bits per heavy atom. The Kier molecular flexibility index (Phi) is 6.05. The molecule has 0 bridgehead atoms. The number of carbonyl (C=O) groups is 2. The van der Waals surface area contributed by atoms with Crippen LogP contribution in [0.1, 0.15) is 18.1 Å². The smallest absolute Gasteiger partial charge is 0.254 e. The van der Waals surface area contributed by atoms with Crippen LogP contribution in [0.4, 0.5) is 11.4 Å². The molecule has 1 unspecified atom stereocenters. The summed E-state index contributed by atoms with van der Waals surface area (Å²) in [6.07, 6.45) is 1.98. The standard InChI is InChI=1S/C26H23BrN2O2/c1-18-8-6-7-11-23(18)28-17-24(30)29(22-14-12-21(27)13-15-22)25(26(28)31)19(2)16-20-9-4-3-5-10-20/h3-16,25H,17H2,1-2H3. The lowest BCUT2D eigenvalue weighted by Gasteiger charge is -2.41. The van der Waals surface area contributed by atoms with Crippen LogP contribution in [0.2, 0.25) is 0 Å². The van der Waals surface area contributed by atoms with Crippen LogP contribution in [0.15, 0.2) is 88.9 Å². The molecule has 0 aliphatic carbocycles. The van der Waals surface area contributed by atoms with E-state index in [1.807, 2.05) is 98.8 Å². The Morgan fingerprint density at radius 2 is 1.58 bits per heavy atom. The highest BCUT2D eigenvalue weighted by Gasteiger charge is 2.42. The summed E-state index contributed by atoms with van der Waals surface area (Å²) in [5.74, 6) is -0.225. The molecule has 5 heteroatoms. The van der Waals surface area contributed by atoms with Gasteiger partial charge in [-0.05, 0) is 60.9 Å². The number of benzene rings is 3. The molecule has 4 rings (SSSR count). The molecule has 3 aromatic carbocycles. The zero-order valence-corrected chi connectivity index (χ0v) is 19.0. The van der Waals surface area contributed by atoms with Gasteiger partial charge in [-0.15, -0.1) is 0 Å². The Bertz CT molecular complexity index is 1140. The van der Waals surface area contributed by atoms with Crippen molar-refractivity contribution >= 4 is 45.2 Å². The van der Waals surface area contributed by atoms with Crippen LogP contribution < -0.4 is 9.80 Å². The second kappa shape index (κ2) is 8.90. The van der Waals surface area contributed by atoms with Gasteiger partial charge in [0.15, 0.2) is 0 Å². The van der Waals surface area contributed by atoms with Crippen molar-refractivity contribution in [3.05, 3.63) is 100 Å². The molecule has 1 aliphatic rings. The molecular weight excluding hydrogens is 452 g/mol. The third-order valence-corrected chi connectivity index (χ3v) is 5.99. The average molecular weight is 475 g/mol. The van der Waals surface area contributed by atoms with Gasteiger partial charge in [0.2, 0.25) is 5.91 Å². The van der Waals surface area contributed by atoms with Crippen LogP contribution in [0, 0.1) is 6.92 Å². The number of amides is 2. The molecule has 1 aliphatic heterocycles. The van der Waals surface area contributed by atoms with Gasteiger partial charge < -0.3 is 4.90 Å². The predicted molar refractivity (Wildman–Crippen MR) is 129 cm³/mol. The Morgan fingerprint density at radius 3 is 2.26 bits per heavy atom. The highest BCUT2D eigenvalue weighted by atomic mass is 79.9. The first-order chi connectivity index (χ1) is 15.0. The number of hydrogen-bond acceptors (Lipinski definition) is 2. The summed E-state index contributed by atoms with van der Waals surface area (Å²) >= 11 is 3.44. The normalized spacial score (nSPS) is 17.3. The number of halogens is 1. The minimum Gasteiger partial charge on any atom is -0.301 e. The van der Waals surface area contributed by atoms with Crippen LogP contribution in [-0.4, -0.2) is 24.4 Å².